The monoisotopic (exact) mass is 209 g/mol. The van der Waals surface area contributed by atoms with Crippen LogP contribution in [0.3, 0.4) is 0 Å². The minimum absolute atomic E-state index is 0.354. The highest BCUT2D eigenvalue weighted by molar-refractivity contribution is 5.09. The van der Waals surface area contributed by atoms with Gasteiger partial charge in [-0.3, -0.25) is 0 Å². The van der Waals surface area contributed by atoms with Crippen molar-refractivity contribution in [3.63, 3.8) is 0 Å². The van der Waals surface area contributed by atoms with Gasteiger partial charge in [-0.2, -0.15) is 0 Å². The molecule has 0 spiro atoms. The van der Waals surface area contributed by atoms with Gasteiger partial charge in [-0.15, -0.1) is 0 Å². The van der Waals surface area contributed by atoms with Crippen molar-refractivity contribution in [1.82, 2.24) is 9.97 Å². The fraction of sp³-hybridized carbons (Fsp3) is 0.636. The van der Waals surface area contributed by atoms with Crippen LogP contribution in [0.2, 0.25) is 0 Å². The third-order valence-corrected chi connectivity index (χ3v) is 2.88. The molecule has 0 aliphatic rings. The maximum absolute atomic E-state index is 5.54. The fourth-order valence-corrected chi connectivity index (χ4v) is 1.64. The van der Waals surface area contributed by atoms with Gasteiger partial charge in [-0.05, 0) is 12.8 Å². The highest BCUT2D eigenvalue weighted by Crippen LogP contribution is 2.29. The molecule has 0 aliphatic carbocycles. The van der Waals surface area contributed by atoms with Gasteiger partial charge in [-0.25, -0.2) is 9.97 Å². The molecular weight excluding hydrogens is 190 g/mol. The third kappa shape index (κ3) is 2.33. The van der Waals surface area contributed by atoms with Gasteiger partial charge in [-0.1, -0.05) is 13.8 Å². The van der Waals surface area contributed by atoms with E-state index in [4.69, 9.17) is 10.5 Å². The lowest BCUT2D eigenvalue weighted by Crippen LogP contribution is -2.29. The number of nitrogens with zero attached hydrogens (tertiary/aromatic N) is 2. The number of methoxy groups -OCH3 is 1. The predicted molar refractivity (Wildman–Crippen MR) is 59.2 cm³/mol. The first kappa shape index (κ1) is 12.1. The van der Waals surface area contributed by atoms with Crippen LogP contribution in [0.25, 0.3) is 0 Å². The number of rotatable bonds is 5. The standard InChI is InChI=1S/C11H19N3O/c1-4-11(5-2,15-3)10-13-7-9(6-12)8-14-10/h7-8H,4-6,12H2,1-3H3. The molecule has 0 amide bonds. The van der Waals surface area contributed by atoms with Gasteiger partial charge in [0.1, 0.15) is 5.60 Å². The highest BCUT2D eigenvalue weighted by Gasteiger charge is 2.30. The zero-order valence-corrected chi connectivity index (χ0v) is 9.66. The predicted octanol–water partition coefficient (Wildman–Crippen LogP) is 1.60. The number of hydrogen-bond acceptors (Lipinski definition) is 4. The molecule has 0 aliphatic heterocycles. The molecule has 0 unspecified atom stereocenters. The molecule has 84 valence electrons. The highest BCUT2D eigenvalue weighted by atomic mass is 16.5. The van der Waals surface area contributed by atoms with Crippen LogP contribution in [0.5, 0.6) is 0 Å². The Bertz CT molecular complexity index is 285. The first-order valence-corrected chi connectivity index (χ1v) is 5.29. The Morgan fingerprint density at radius 2 is 1.80 bits per heavy atom. The van der Waals surface area contributed by atoms with E-state index in [0.29, 0.717) is 6.54 Å². The zero-order chi connectivity index (χ0) is 11.3. The maximum Gasteiger partial charge on any atom is 0.160 e. The topological polar surface area (TPSA) is 61.0 Å². The molecule has 0 saturated carbocycles. The molecule has 0 bridgehead atoms. The first-order valence-electron chi connectivity index (χ1n) is 5.29. The Kier molecular flexibility index (Phi) is 4.17. The van der Waals surface area contributed by atoms with E-state index < -0.39 is 0 Å². The van der Waals surface area contributed by atoms with Crippen molar-refractivity contribution < 1.29 is 4.74 Å². The Hall–Kier alpha value is -1.00. The lowest BCUT2D eigenvalue weighted by atomic mass is 9.96. The van der Waals surface area contributed by atoms with Gasteiger partial charge in [0.15, 0.2) is 5.82 Å². The molecular formula is C11H19N3O. The van der Waals surface area contributed by atoms with Crippen molar-refractivity contribution in [3.05, 3.63) is 23.8 Å². The SMILES string of the molecule is CCC(CC)(OC)c1ncc(CN)cn1. The van der Waals surface area contributed by atoms with Crippen molar-refractivity contribution >= 4 is 0 Å². The number of nitrogens with two attached hydrogens (primary N) is 1. The molecule has 2 N–H and O–H groups in total. The van der Waals surface area contributed by atoms with Gasteiger partial charge in [0.25, 0.3) is 0 Å². The van der Waals surface area contributed by atoms with Gasteiger partial charge in [0.2, 0.25) is 0 Å². The molecule has 1 aromatic heterocycles. The van der Waals surface area contributed by atoms with Gasteiger partial charge < -0.3 is 10.5 Å². The zero-order valence-electron chi connectivity index (χ0n) is 9.66. The Morgan fingerprint density at radius 1 is 1.27 bits per heavy atom. The second kappa shape index (κ2) is 5.19. The molecule has 0 saturated heterocycles. The summed E-state index contributed by atoms with van der Waals surface area (Å²) in [4.78, 5) is 8.64. The second-order valence-corrected chi connectivity index (χ2v) is 3.52. The summed E-state index contributed by atoms with van der Waals surface area (Å²) in [5.74, 6) is 0.743. The van der Waals surface area contributed by atoms with Crippen molar-refractivity contribution in [1.29, 1.82) is 0 Å². The molecule has 1 heterocycles. The fourth-order valence-electron chi connectivity index (χ4n) is 1.64. The third-order valence-electron chi connectivity index (χ3n) is 2.88. The summed E-state index contributed by atoms with van der Waals surface area (Å²) in [5.41, 5.74) is 6.08. The largest absolute Gasteiger partial charge is 0.370 e. The molecule has 4 nitrogen and oxygen atoms in total. The normalized spacial score (nSPS) is 11.7. The molecule has 15 heavy (non-hydrogen) atoms. The van der Waals surface area contributed by atoms with Crippen molar-refractivity contribution in [3.8, 4) is 0 Å². The molecule has 0 radical (unpaired) electrons. The van der Waals surface area contributed by atoms with Crippen LogP contribution < -0.4 is 5.73 Å². The summed E-state index contributed by atoms with van der Waals surface area (Å²) in [6, 6.07) is 0. The molecule has 0 fully saturated rings. The van der Waals surface area contributed by atoms with Crippen LogP contribution in [0.15, 0.2) is 12.4 Å². The summed E-state index contributed by atoms with van der Waals surface area (Å²) in [5, 5.41) is 0. The van der Waals surface area contributed by atoms with Crippen LogP contribution in [-0.2, 0) is 16.9 Å². The lowest BCUT2D eigenvalue weighted by molar-refractivity contribution is -0.0292. The van der Waals surface area contributed by atoms with E-state index >= 15 is 0 Å². The molecule has 1 rings (SSSR count). The van der Waals surface area contributed by atoms with E-state index in [1.54, 1.807) is 19.5 Å². The van der Waals surface area contributed by atoms with E-state index in [0.717, 1.165) is 24.2 Å². The van der Waals surface area contributed by atoms with Crippen LogP contribution >= 0.6 is 0 Å². The summed E-state index contributed by atoms with van der Waals surface area (Å²) in [6.07, 6.45) is 5.26. The average Bonchev–Trinajstić information content (AvgIpc) is 2.33. The van der Waals surface area contributed by atoms with Crippen LogP contribution in [0.4, 0.5) is 0 Å². The van der Waals surface area contributed by atoms with Gasteiger partial charge in [0.05, 0.1) is 0 Å². The van der Waals surface area contributed by atoms with E-state index in [9.17, 15) is 0 Å². The van der Waals surface area contributed by atoms with Crippen molar-refractivity contribution in [2.75, 3.05) is 7.11 Å². The lowest BCUT2D eigenvalue weighted by Gasteiger charge is -2.28. The smallest absolute Gasteiger partial charge is 0.160 e. The second-order valence-electron chi connectivity index (χ2n) is 3.52. The summed E-state index contributed by atoms with van der Waals surface area (Å²) in [6.45, 7) is 4.62. The summed E-state index contributed by atoms with van der Waals surface area (Å²) >= 11 is 0. The van der Waals surface area contributed by atoms with Crippen LogP contribution in [0.1, 0.15) is 38.1 Å². The van der Waals surface area contributed by atoms with E-state index in [2.05, 4.69) is 23.8 Å². The van der Waals surface area contributed by atoms with Crippen molar-refractivity contribution in [2.24, 2.45) is 5.73 Å². The quantitative estimate of drug-likeness (QED) is 0.800. The van der Waals surface area contributed by atoms with E-state index in [-0.39, 0.29) is 5.60 Å². The maximum atomic E-state index is 5.54. The average molecular weight is 209 g/mol. The Morgan fingerprint density at radius 3 is 2.13 bits per heavy atom. The molecule has 0 atom stereocenters. The van der Waals surface area contributed by atoms with E-state index in [1.165, 1.54) is 0 Å². The minimum atomic E-state index is -0.354. The number of aromatic nitrogens is 2. The van der Waals surface area contributed by atoms with E-state index in [1.807, 2.05) is 0 Å². The number of ether oxygens (including phenoxy) is 1. The van der Waals surface area contributed by atoms with Crippen LogP contribution in [-0.4, -0.2) is 17.1 Å². The summed E-state index contributed by atoms with van der Waals surface area (Å²) < 4.78 is 5.54. The van der Waals surface area contributed by atoms with Crippen LogP contribution in [0, 0.1) is 0 Å². The van der Waals surface area contributed by atoms with Crippen molar-refractivity contribution in [2.45, 2.75) is 38.8 Å². The van der Waals surface area contributed by atoms with Gasteiger partial charge >= 0.3 is 0 Å². The molecule has 0 aromatic carbocycles. The molecule has 4 heteroatoms. The summed E-state index contributed by atoms with van der Waals surface area (Å²) in [7, 11) is 1.70. The molecule has 1 aromatic rings. The Balaban J connectivity index is 3.01. The number of hydrogen-bond donors (Lipinski definition) is 1. The van der Waals surface area contributed by atoms with Gasteiger partial charge in [0, 0.05) is 31.6 Å². The first-order chi connectivity index (χ1) is 7.22. The Labute approximate surface area is 90.9 Å². The minimum Gasteiger partial charge on any atom is -0.370 e.